The highest BCUT2D eigenvalue weighted by atomic mass is 35.5. The molecular weight excluding hydrogens is 282 g/mol. The van der Waals surface area contributed by atoms with Gasteiger partial charge in [0.1, 0.15) is 0 Å². The first-order valence-electron chi connectivity index (χ1n) is 8.01. The summed E-state index contributed by atoms with van der Waals surface area (Å²) in [5, 5.41) is 4.37. The second kappa shape index (κ2) is 7.48. The molecule has 21 heavy (non-hydrogen) atoms. The van der Waals surface area contributed by atoms with E-state index in [2.05, 4.69) is 61.1 Å². The Morgan fingerprint density at radius 2 is 2.14 bits per heavy atom. The highest BCUT2D eigenvalue weighted by Crippen LogP contribution is 2.29. The standard InChI is InChI=1S/C17H28ClN3/c1-5-8-19-14(3)16-7-6-15(11-17(16)18)21-10-9-20(4)12-13(21)2/h6-7,11,13-14,19H,5,8-10,12H2,1-4H3. The summed E-state index contributed by atoms with van der Waals surface area (Å²) in [5.41, 5.74) is 2.43. The number of halogens is 1. The van der Waals surface area contributed by atoms with Crippen LogP contribution in [0.2, 0.25) is 5.02 Å². The SMILES string of the molecule is CCCNC(C)c1ccc(N2CCN(C)CC2C)cc1Cl. The summed E-state index contributed by atoms with van der Waals surface area (Å²) in [6, 6.07) is 7.35. The molecule has 1 heterocycles. The van der Waals surface area contributed by atoms with E-state index in [9.17, 15) is 0 Å². The van der Waals surface area contributed by atoms with Crippen LogP contribution in [0.5, 0.6) is 0 Å². The molecule has 0 radical (unpaired) electrons. The van der Waals surface area contributed by atoms with E-state index in [1.54, 1.807) is 0 Å². The Labute approximate surface area is 134 Å². The van der Waals surface area contributed by atoms with Crippen molar-refractivity contribution in [2.45, 2.75) is 39.3 Å². The third kappa shape index (κ3) is 4.12. The largest absolute Gasteiger partial charge is 0.366 e. The number of benzene rings is 1. The van der Waals surface area contributed by atoms with Gasteiger partial charge in [-0.05, 0) is 51.6 Å². The third-order valence-electron chi connectivity index (χ3n) is 4.31. The van der Waals surface area contributed by atoms with Crippen LogP contribution in [-0.4, -0.2) is 44.2 Å². The summed E-state index contributed by atoms with van der Waals surface area (Å²) in [7, 11) is 2.19. The maximum atomic E-state index is 6.52. The lowest BCUT2D eigenvalue weighted by Gasteiger charge is -2.40. The molecule has 0 amide bonds. The lowest BCUT2D eigenvalue weighted by Crippen LogP contribution is -2.50. The third-order valence-corrected chi connectivity index (χ3v) is 4.64. The van der Waals surface area contributed by atoms with Gasteiger partial charge in [0.25, 0.3) is 0 Å². The molecular formula is C17H28ClN3. The lowest BCUT2D eigenvalue weighted by atomic mass is 10.1. The van der Waals surface area contributed by atoms with Crippen LogP contribution >= 0.6 is 11.6 Å². The van der Waals surface area contributed by atoms with Gasteiger partial charge in [-0.3, -0.25) is 0 Å². The zero-order valence-corrected chi connectivity index (χ0v) is 14.5. The molecule has 1 aliphatic heterocycles. The number of piperazine rings is 1. The van der Waals surface area contributed by atoms with Gasteiger partial charge in [-0.15, -0.1) is 0 Å². The summed E-state index contributed by atoms with van der Waals surface area (Å²) >= 11 is 6.52. The predicted octanol–water partition coefficient (Wildman–Crippen LogP) is 3.54. The van der Waals surface area contributed by atoms with Crippen LogP contribution in [0.4, 0.5) is 5.69 Å². The molecule has 1 N–H and O–H groups in total. The highest BCUT2D eigenvalue weighted by Gasteiger charge is 2.22. The van der Waals surface area contributed by atoms with Crippen molar-refractivity contribution in [3.8, 4) is 0 Å². The van der Waals surface area contributed by atoms with E-state index >= 15 is 0 Å². The molecule has 1 fully saturated rings. The smallest absolute Gasteiger partial charge is 0.0474 e. The molecule has 2 unspecified atom stereocenters. The van der Waals surface area contributed by atoms with E-state index in [4.69, 9.17) is 11.6 Å². The van der Waals surface area contributed by atoms with Gasteiger partial charge in [0, 0.05) is 42.4 Å². The monoisotopic (exact) mass is 309 g/mol. The molecule has 0 saturated carbocycles. The van der Waals surface area contributed by atoms with E-state index in [-0.39, 0.29) is 0 Å². The lowest BCUT2D eigenvalue weighted by molar-refractivity contribution is 0.275. The van der Waals surface area contributed by atoms with Gasteiger partial charge in [-0.25, -0.2) is 0 Å². The van der Waals surface area contributed by atoms with Gasteiger partial charge in [-0.1, -0.05) is 24.6 Å². The van der Waals surface area contributed by atoms with Crippen LogP contribution in [-0.2, 0) is 0 Å². The Morgan fingerprint density at radius 1 is 1.38 bits per heavy atom. The van der Waals surface area contributed by atoms with E-state index < -0.39 is 0 Å². The number of rotatable bonds is 5. The minimum absolute atomic E-state index is 0.302. The summed E-state index contributed by atoms with van der Waals surface area (Å²) < 4.78 is 0. The fourth-order valence-corrected chi connectivity index (χ4v) is 3.38. The fourth-order valence-electron chi connectivity index (χ4n) is 3.04. The van der Waals surface area contributed by atoms with E-state index in [1.165, 1.54) is 11.3 Å². The van der Waals surface area contributed by atoms with Gasteiger partial charge < -0.3 is 15.1 Å². The number of nitrogens with one attached hydrogen (secondary N) is 1. The summed E-state index contributed by atoms with van der Waals surface area (Å²) in [5.74, 6) is 0. The zero-order valence-electron chi connectivity index (χ0n) is 13.7. The minimum Gasteiger partial charge on any atom is -0.366 e. The van der Waals surface area contributed by atoms with Crippen molar-refractivity contribution in [1.82, 2.24) is 10.2 Å². The molecule has 2 rings (SSSR count). The molecule has 1 saturated heterocycles. The second-order valence-electron chi connectivity index (χ2n) is 6.19. The maximum absolute atomic E-state index is 6.52. The molecule has 0 aromatic heterocycles. The Balaban J connectivity index is 2.11. The van der Waals surface area contributed by atoms with E-state index in [0.717, 1.165) is 37.6 Å². The zero-order chi connectivity index (χ0) is 15.4. The van der Waals surface area contributed by atoms with Crippen molar-refractivity contribution in [2.24, 2.45) is 0 Å². The Bertz CT molecular complexity index is 463. The molecule has 1 aliphatic rings. The van der Waals surface area contributed by atoms with Gasteiger partial charge in [-0.2, -0.15) is 0 Å². The second-order valence-corrected chi connectivity index (χ2v) is 6.59. The topological polar surface area (TPSA) is 18.5 Å². The van der Waals surface area contributed by atoms with Crippen molar-refractivity contribution in [2.75, 3.05) is 38.1 Å². The van der Waals surface area contributed by atoms with Crippen LogP contribution < -0.4 is 10.2 Å². The van der Waals surface area contributed by atoms with Crippen molar-refractivity contribution in [1.29, 1.82) is 0 Å². The average molecular weight is 310 g/mol. The quantitative estimate of drug-likeness (QED) is 0.897. The number of hydrogen-bond donors (Lipinski definition) is 1. The Morgan fingerprint density at radius 3 is 2.76 bits per heavy atom. The van der Waals surface area contributed by atoms with Crippen molar-refractivity contribution >= 4 is 17.3 Å². The van der Waals surface area contributed by atoms with E-state index in [1.807, 2.05) is 0 Å². The van der Waals surface area contributed by atoms with Gasteiger partial charge in [0.15, 0.2) is 0 Å². The van der Waals surface area contributed by atoms with Crippen molar-refractivity contribution in [3.63, 3.8) is 0 Å². The van der Waals surface area contributed by atoms with Crippen LogP contribution in [0.3, 0.4) is 0 Å². The predicted molar refractivity (Wildman–Crippen MR) is 92.5 cm³/mol. The maximum Gasteiger partial charge on any atom is 0.0474 e. The summed E-state index contributed by atoms with van der Waals surface area (Å²) in [6.07, 6.45) is 1.14. The molecule has 2 atom stereocenters. The molecule has 0 bridgehead atoms. The summed E-state index contributed by atoms with van der Waals surface area (Å²) in [6.45, 7) is 10.9. The van der Waals surface area contributed by atoms with Gasteiger partial charge in [0.2, 0.25) is 0 Å². The molecule has 4 heteroatoms. The van der Waals surface area contributed by atoms with Crippen LogP contribution in [0.25, 0.3) is 0 Å². The first-order chi connectivity index (χ1) is 10.0. The molecule has 118 valence electrons. The van der Waals surface area contributed by atoms with Gasteiger partial charge >= 0.3 is 0 Å². The van der Waals surface area contributed by atoms with Crippen LogP contribution in [0.1, 0.15) is 38.8 Å². The first-order valence-corrected chi connectivity index (χ1v) is 8.38. The van der Waals surface area contributed by atoms with Crippen LogP contribution in [0, 0.1) is 0 Å². The van der Waals surface area contributed by atoms with Crippen LogP contribution in [0.15, 0.2) is 18.2 Å². The fraction of sp³-hybridized carbons (Fsp3) is 0.647. The molecule has 1 aromatic carbocycles. The normalized spacial score (nSPS) is 21.6. The highest BCUT2D eigenvalue weighted by molar-refractivity contribution is 6.31. The Hall–Kier alpha value is -0.770. The molecule has 0 aliphatic carbocycles. The Kier molecular flexibility index (Phi) is 5.91. The molecule has 0 spiro atoms. The first kappa shape index (κ1) is 16.6. The molecule has 3 nitrogen and oxygen atoms in total. The number of anilines is 1. The van der Waals surface area contributed by atoms with Crippen molar-refractivity contribution < 1.29 is 0 Å². The number of nitrogens with zero attached hydrogens (tertiary/aromatic N) is 2. The minimum atomic E-state index is 0.302. The van der Waals surface area contributed by atoms with E-state index in [0.29, 0.717) is 12.1 Å². The molecule has 1 aromatic rings. The summed E-state index contributed by atoms with van der Waals surface area (Å²) in [4.78, 5) is 4.84. The van der Waals surface area contributed by atoms with Crippen molar-refractivity contribution in [3.05, 3.63) is 28.8 Å². The number of likely N-dealkylation sites (N-methyl/N-ethyl adjacent to an activating group) is 1. The average Bonchev–Trinajstić information content (AvgIpc) is 2.44. The number of hydrogen-bond acceptors (Lipinski definition) is 3. The van der Waals surface area contributed by atoms with Gasteiger partial charge in [0.05, 0.1) is 0 Å².